The lowest BCUT2D eigenvalue weighted by Crippen LogP contribution is -2.49. The Labute approximate surface area is 487 Å². The molecule has 2 unspecified atom stereocenters. The normalized spacial score (nSPS) is 15.5. The number of aryl methyl sites for hydroxylation is 1. The Morgan fingerprint density at radius 1 is 0.843 bits per heavy atom. The van der Waals surface area contributed by atoms with Crippen molar-refractivity contribution in [2.24, 2.45) is 5.41 Å². The summed E-state index contributed by atoms with van der Waals surface area (Å²) in [6.07, 6.45) is -0.529. The van der Waals surface area contributed by atoms with E-state index in [9.17, 15) is 24.4 Å². The third-order valence-corrected chi connectivity index (χ3v) is 17.0. The molecule has 2 aromatic heterocycles. The molecule has 4 aromatic carbocycles. The predicted molar refractivity (Wildman–Crippen MR) is 315 cm³/mol. The maximum Gasteiger partial charge on any atom is 0.408 e. The van der Waals surface area contributed by atoms with Gasteiger partial charge in [-0.2, -0.15) is 5.26 Å². The molecule has 6 aromatic rings. The average Bonchev–Trinajstić information content (AvgIpc) is 3.17. The summed E-state index contributed by atoms with van der Waals surface area (Å²) in [5.41, 5.74) is 2.26. The van der Waals surface area contributed by atoms with Crippen LogP contribution in [0.5, 0.6) is 17.2 Å². The summed E-state index contributed by atoms with van der Waals surface area (Å²) in [7, 11) is 1.50. The second kappa shape index (κ2) is 27.0. The van der Waals surface area contributed by atoms with E-state index in [0.717, 1.165) is 33.2 Å². The zero-order valence-corrected chi connectivity index (χ0v) is 50.3. The summed E-state index contributed by atoms with van der Waals surface area (Å²) in [4.78, 5) is 60.1. The van der Waals surface area contributed by atoms with Crippen LogP contribution in [0.4, 0.5) is 4.79 Å². The number of hydrogen-bond acceptors (Lipinski definition) is 16. The number of cyclic esters (lactones) is 1. The fourth-order valence-corrected chi connectivity index (χ4v) is 12.3. The predicted octanol–water partition coefficient (Wildman–Crippen LogP) is 11.4. The molecule has 2 aliphatic rings. The monoisotopic (exact) mass is 1150 g/mol. The van der Waals surface area contributed by atoms with Crippen molar-refractivity contribution in [1.29, 1.82) is 5.26 Å². The van der Waals surface area contributed by atoms with Crippen LogP contribution < -0.4 is 25.1 Å². The van der Waals surface area contributed by atoms with Crippen LogP contribution >= 0.6 is 8.53 Å². The summed E-state index contributed by atoms with van der Waals surface area (Å²) >= 11 is 0. The van der Waals surface area contributed by atoms with Crippen molar-refractivity contribution in [3.8, 4) is 34.7 Å². The summed E-state index contributed by atoms with van der Waals surface area (Å²) in [5, 5.41) is 13.1. The Balaban J connectivity index is 1.01. The average molecular weight is 1150 g/mol. The molecule has 19 heteroatoms. The Morgan fingerprint density at radius 2 is 1.48 bits per heavy atom. The van der Waals surface area contributed by atoms with Crippen molar-refractivity contribution >= 4 is 37.5 Å². The van der Waals surface area contributed by atoms with Crippen molar-refractivity contribution in [3.63, 3.8) is 0 Å². The number of nitrogens with one attached hydrogen (secondary N) is 1. The van der Waals surface area contributed by atoms with Crippen LogP contribution in [-0.2, 0) is 68.4 Å². The van der Waals surface area contributed by atoms with Gasteiger partial charge in [-0.3, -0.25) is 9.59 Å². The molecule has 8 rings (SSSR count). The lowest BCUT2D eigenvalue weighted by atomic mass is 9.80. The number of rotatable bonds is 26. The van der Waals surface area contributed by atoms with Crippen LogP contribution in [0.15, 0.2) is 108 Å². The fourth-order valence-electron chi connectivity index (χ4n) is 10.6. The molecule has 0 radical (unpaired) electrons. The molecular weight excluding hydrogens is 1080 g/mol. The summed E-state index contributed by atoms with van der Waals surface area (Å²) in [6.45, 7) is 17.8. The first-order chi connectivity index (χ1) is 39.8. The van der Waals surface area contributed by atoms with Crippen LogP contribution in [0, 0.1) is 16.7 Å². The van der Waals surface area contributed by atoms with Gasteiger partial charge < -0.3 is 52.1 Å². The largest absolute Gasteiger partial charge is 0.497 e. The van der Waals surface area contributed by atoms with E-state index >= 15 is 0 Å². The Hall–Kier alpha value is -7.23. The standard InChI is InChI=1S/C64H76N5O13P/c1-12-50-51-35-48(80-59(71)62(7,8)9)29-30-55(51)67-57-52(50)37-68-56(57)36-54-53(58(68)70)40-77-60(72)63(54,13-2)81-61(73)66-32-18-33-76-38-49(82-83(79-34-17-31-65)69(41(3)4)42(5)6)39-78-64(43-19-15-14-16-20-43,44-21-25-46(74-10)26-22-44)45-23-27-47(75-11)28-24-45/h14-16,19-30,35-36,41-42,49H,12-13,17-18,32-34,37-40H2,1-11H3,(H,66,73)/t49?,63-,83?/m0/s1. The first-order valence-corrected chi connectivity index (χ1v) is 29.4. The van der Waals surface area contributed by atoms with Gasteiger partial charge >= 0.3 is 18.0 Å². The number of ether oxygens (including phenoxy) is 7. The topological polar surface area (TPSA) is 208 Å². The maximum atomic E-state index is 14.5. The Bertz CT molecular complexity index is 3300. The summed E-state index contributed by atoms with van der Waals surface area (Å²) < 4.78 is 59.4. The third kappa shape index (κ3) is 13.3. The molecule has 2 aliphatic heterocycles. The second-order valence-corrected chi connectivity index (χ2v) is 23.4. The quantitative estimate of drug-likeness (QED) is 0.0176. The minimum Gasteiger partial charge on any atom is -0.497 e. The molecule has 3 atom stereocenters. The zero-order chi connectivity index (χ0) is 59.6. The van der Waals surface area contributed by atoms with E-state index in [0.29, 0.717) is 47.0 Å². The molecule has 0 bridgehead atoms. The van der Waals surface area contributed by atoms with Crippen LogP contribution in [0.25, 0.3) is 22.3 Å². The molecule has 18 nitrogen and oxygen atoms in total. The molecule has 1 amide bonds. The number of methoxy groups -OCH3 is 2. The minimum absolute atomic E-state index is 0.0146. The fraction of sp³-hybridized carbons (Fsp3) is 0.438. The highest BCUT2D eigenvalue weighted by atomic mass is 31.2. The van der Waals surface area contributed by atoms with Gasteiger partial charge in [0.25, 0.3) is 14.1 Å². The first kappa shape index (κ1) is 61.8. The van der Waals surface area contributed by atoms with Crippen molar-refractivity contribution in [1.82, 2.24) is 19.5 Å². The van der Waals surface area contributed by atoms with Gasteiger partial charge in [0.05, 0.1) is 81.0 Å². The van der Waals surface area contributed by atoms with Crippen LogP contribution in [0.3, 0.4) is 0 Å². The van der Waals surface area contributed by atoms with Gasteiger partial charge in [0.15, 0.2) is 0 Å². The van der Waals surface area contributed by atoms with Crippen LogP contribution in [-0.4, -0.2) is 97.6 Å². The number of fused-ring (bicyclic) bond motifs is 5. The number of benzene rings is 4. The number of pyridine rings is 2. The molecule has 0 saturated heterocycles. The van der Waals surface area contributed by atoms with Crippen LogP contribution in [0.2, 0.25) is 0 Å². The molecule has 0 fully saturated rings. The maximum absolute atomic E-state index is 14.5. The molecule has 0 spiro atoms. The van der Waals surface area contributed by atoms with E-state index in [2.05, 4.69) is 43.8 Å². The van der Waals surface area contributed by atoms with Gasteiger partial charge in [0, 0.05) is 41.7 Å². The summed E-state index contributed by atoms with van der Waals surface area (Å²) in [5.74, 6) is 0.599. The Morgan fingerprint density at radius 3 is 2.07 bits per heavy atom. The molecule has 0 saturated carbocycles. The molecule has 83 heavy (non-hydrogen) atoms. The number of carbonyl (C=O) groups excluding carboxylic acids is 3. The highest BCUT2D eigenvalue weighted by molar-refractivity contribution is 7.44. The van der Waals surface area contributed by atoms with Gasteiger partial charge in [0.2, 0.25) is 5.60 Å². The molecule has 4 heterocycles. The number of aromatic nitrogens is 2. The van der Waals surface area contributed by atoms with Crippen molar-refractivity contribution in [2.75, 3.05) is 47.2 Å². The van der Waals surface area contributed by atoms with Crippen LogP contribution in [0.1, 0.15) is 121 Å². The Kier molecular flexibility index (Phi) is 20.1. The number of alkyl carbamates (subject to hydrolysis) is 1. The van der Waals surface area contributed by atoms with E-state index in [1.807, 2.05) is 91.9 Å². The van der Waals surface area contributed by atoms with Gasteiger partial charge in [-0.05, 0) is 139 Å². The summed E-state index contributed by atoms with van der Waals surface area (Å²) in [6, 6.07) is 34.7. The van der Waals surface area contributed by atoms with E-state index in [-0.39, 0.29) is 93.7 Å². The third-order valence-electron chi connectivity index (χ3n) is 14.8. The van der Waals surface area contributed by atoms with E-state index in [1.54, 1.807) is 64.7 Å². The van der Waals surface area contributed by atoms with E-state index in [4.69, 9.17) is 47.2 Å². The first-order valence-electron chi connectivity index (χ1n) is 28.2. The minimum atomic E-state index is -1.94. The zero-order valence-electron chi connectivity index (χ0n) is 49.4. The van der Waals surface area contributed by atoms with Crippen molar-refractivity contribution in [2.45, 2.75) is 131 Å². The van der Waals surface area contributed by atoms with Gasteiger partial charge in [0.1, 0.15) is 35.6 Å². The van der Waals surface area contributed by atoms with Crippen molar-refractivity contribution in [3.05, 3.63) is 152 Å². The smallest absolute Gasteiger partial charge is 0.408 e. The van der Waals surface area contributed by atoms with Crippen molar-refractivity contribution < 1.29 is 56.6 Å². The van der Waals surface area contributed by atoms with E-state index < -0.39 is 43.3 Å². The highest BCUT2D eigenvalue weighted by Gasteiger charge is 2.51. The number of esters is 2. The highest BCUT2D eigenvalue weighted by Crippen LogP contribution is 2.49. The second-order valence-electron chi connectivity index (χ2n) is 22.0. The van der Waals surface area contributed by atoms with Gasteiger partial charge in [-0.1, -0.05) is 68.4 Å². The molecule has 0 aliphatic carbocycles. The number of nitrogens with zero attached hydrogens (tertiary/aromatic N) is 4. The SMILES string of the molecule is CCc1c2c(nc3ccc(OC(=O)C(C)(C)C)cc13)-c1cc3c(c(=O)n1C2)COC(=O)[C@@]3(CC)OC(=O)NCCCOCC(COC(c1ccccc1)(c1ccc(OC)cc1)c1ccc(OC)cc1)OP(OCCC#N)N(C(C)C)C(C)C. The van der Waals surface area contributed by atoms with Gasteiger partial charge in [-0.25, -0.2) is 19.2 Å². The molecular formula is C64H76N5O13P. The van der Waals surface area contributed by atoms with E-state index in [1.165, 1.54) is 0 Å². The number of amides is 1. The number of carbonyl (C=O) groups is 3. The number of nitriles is 1. The lowest BCUT2D eigenvalue weighted by Gasteiger charge is -2.39. The lowest BCUT2D eigenvalue weighted by molar-refractivity contribution is -0.172. The molecule has 440 valence electrons. The van der Waals surface area contributed by atoms with Gasteiger partial charge in [-0.15, -0.1) is 0 Å². The molecule has 1 N–H and O–H groups in total. The number of hydrogen-bond donors (Lipinski definition) is 1.